The molecule has 1 aliphatic carbocycles. The zero-order chi connectivity index (χ0) is 22.1. The minimum Gasteiger partial charge on any atom is -0.371 e. The smallest absolute Gasteiger partial charge is 0.241 e. The van der Waals surface area contributed by atoms with Gasteiger partial charge in [0.2, 0.25) is 11.8 Å². The maximum Gasteiger partial charge on any atom is 0.241 e. The second kappa shape index (κ2) is 11.1. The normalized spacial score (nSPS) is 25.5. The summed E-state index contributed by atoms with van der Waals surface area (Å²) >= 11 is 0. The first-order chi connectivity index (χ1) is 14.3. The molecule has 164 valence electrons. The zero-order valence-corrected chi connectivity index (χ0v) is 17.8. The highest BCUT2D eigenvalue weighted by molar-refractivity contribution is 5.86. The molecule has 7 heteroatoms. The number of likely N-dealkylation sites (tertiary alicyclic amines) is 1. The largest absolute Gasteiger partial charge is 0.371 e. The van der Waals surface area contributed by atoms with Crippen LogP contribution in [0.25, 0.3) is 0 Å². The van der Waals surface area contributed by atoms with Gasteiger partial charge in [0.25, 0.3) is 0 Å². The average molecular weight is 416 g/mol. The van der Waals surface area contributed by atoms with Gasteiger partial charge in [0, 0.05) is 25.1 Å². The third-order valence-electron chi connectivity index (χ3n) is 5.45. The van der Waals surface area contributed by atoms with Crippen LogP contribution in [0, 0.1) is 0 Å². The standard InChI is InChI=1S/C23H33N3O4/c1-4-18(7-5-9-21(24)28)15-26-12-6-8-20(26)13-22(29)25-17(2)19-10-11-23(3,14-19)30-16-27/h4-5,7,9-11,14,17,20,27H,1,6,8,12-13,15-16H2,2-3H3,(H2,24,28)(H,25,29)/b9-5?,18-7+/t17-,20+,23?/m0/s1. The van der Waals surface area contributed by atoms with E-state index in [2.05, 4.69) is 16.8 Å². The maximum absolute atomic E-state index is 12.6. The number of primary amides is 1. The fourth-order valence-corrected chi connectivity index (χ4v) is 3.81. The second-order valence-corrected chi connectivity index (χ2v) is 7.90. The summed E-state index contributed by atoms with van der Waals surface area (Å²) in [4.78, 5) is 25.8. The number of hydrogen-bond donors (Lipinski definition) is 3. The first-order valence-electron chi connectivity index (χ1n) is 10.3. The van der Waals surface area contributed by atoms with Crippen LogP contribution in [0.5, 0.6) is 0 Å². The number of hydrogen-bond acceptors (Lipinski definition) is 5. The number of carbonyl (C=O) groups excluding carboxylic acids is 2. The lowest BCUT2D eigenvalue weighted by atomic mass is 10.1. The van der Waals surface area contributed by atoms with Crippen LogP contribution in [-0.2, 0) is 14.3 Å². The molecule has 0 radical (unpaired) electrons. The van der Waals surface area contributed by atoms with Gasteiger partial charge in [-0.05, 0) is 56.5 Å². The molecule has 4 N–H and O–H groups in total. The first kappa shape index (κ1) is 23.8. The van der Waals surface area contributed by atoms with E-state index < -0.39 is 11.5 Å². The molecule has 0 saturated carbocycles. The van der Waals surface area contributed by atoms with Crippen molar-refractivity contribution in [2.24, 2.45) is 5.73 Å². The minimum atomic E-state index is -0.637. The van der Waals surface area contributed by atoms with Gasteiger partial charge >= 0.3 is 0 Å². The van der Waals surface area contributed by atoms with E-state index >= 15 is 0 Å². The van der Waals surface area contributed by atoms with Crippen LogP contribution >= 0.6 is 0 Å². The van der Waals surface area contributed by atoms with Gasteiger partial charge in [-0.15, -0.1) is 0 Å². The number of amides is 2. The molecule has 1 saturated heterocycles. The maximum atomic E-state index is 12.6. The van der Waals surface area contributed by atoms with Crippen molar-refractivity contribution >= 4 is 11.8 Å². The molecule has 7 nitrogen and oxygen atoms in total. The molecule has 0 aromatic carbocycles. The van der Waals surface area contributed by atoms with Gasteiger partial charge in [0.05, 0.1) is 6.04 Å². The van der Waals surface area contributed by atoms with Crippen molar-refractivity contribution < 1.29 is 19.4 Å². The molecule has 2 amide bonds. The van der Waals surface area contributed by atoms with E-state index in [1.807, 2.05) is 38.2 Å². The molecule has 0 aromatic rings. The Labute approximate surface area is 178 Å². The van der Waals surface area contributed by atoms with Gasteiger partial charge < -0.3 is 20.9 Å². The summed E-state index contributed by atoms with van der Waals surface area (Å²) in [6, 6.07) is 0.0204. The molecule has 0 spiro atoms. The molecule has 30 heavy (non-hydrogen) atoms. The monoisotopic (exact) mass is 415 g/mol. The number of rotatable bonds is 11. The summed E-state index contributed by atoms with van der Waals surface area (Å²) < 4.78 is 5.32. The molecule has 1 fully saturated rings. The highest BCUT2D eigenvalue weighted by Crippen LogP contribution is 2.26. The number of aliphatic hydroxyl groups excluding tert-OH is 1. The summed E-state index contributed by atoms with van der Waals surface area (Å²) in [7, 11) is 0. The number of nitrogens with zero attached hydrogens (tertiary/aromatic N) is 1. The summed E-state index contributed by atoms with van der Waals surface area (Å²) in [6.07, 6.45) is 14.6. The lowest BCUT2D eigenvalue weighted by Crippen LogP contribution is -2.39. The SMILES string of the molecule is C=C/C(=C\C=CC(N)=O)CN1CCC[C@@H]1CC(=O)N[C@@H](C)C1=CC(C)(OCO)C=C1. The highest BCUT2D eigenvalue weighted by atomic mass is 16.6. The Balaban J connectivity index is 1.90. The zero-order valence-electron chi connectivity index (χ0n) is 17.8. The molecule has 0 bridgehead atoms. The van der Waals surface area contributed by atoms with Gasteiger partial charge in [0.1, 0.15) is 12.4 Å². The number of aliphatic hydroxyl groups is 1. The van der Waals surface area contributed by atoms with E-state index in [0.29, 0.717) is 13.0 Å². The quantitative estimate of drug-likeness (QED) is 0.271. The van der Waals surface area contributed by atoms with Crippen molar-refractivity contribution in [2.45, 2.75) is 50.8 Å². The Morgan fingerprint density at radius 2 is 2.30 bits per heavy atom. The first-order valence-corrected chi connectivity index (χ1v) is 10.3. The summed E-state index contributed by atoms with van der Waals surface area (Å²) in [5.74, 6) is -0.488. The third-order valence-corrected chi connectivity index (χ3v) is 5.45. The van der Waals surface area contributed by atoms with E-state index in [0.717, 1.165) is 30.5 Å². The fraction of sp³-hybridized carbons (Fsp3) is 0.478. The van der Waals surface area contributed by atoms with Gasteiger partial charge in [-0.25, -0.2) is 0 Å². The number of ether oxygens (including phenoxy) is 1. The van der Waals surface area contributed by atoms with Crippen LogP contribution in [0.1, 0.15) is 33.1 Å². The predicted molar refractivity (Wildman–Crippen MR) is 117 cm³/mol. The lowest BCUT2D eigenvalue weighted by Gasteiger charge is -2.25. The molecule has 2 rings (SSSR count). The number of nitrogens with two attached hydrogens (primary N) is 1. The van der Waals surface area contributed by atoms with Gasteiger partial charge in [0.15, 0.2) is 0 Å². The van der Waals surface area contributed by atoms with Crippen molar-refractivity contribution in [3.63, 3.8) is 0 Å². The van der Waals surface area contributed by atoms with E-state index in [1.165, 1.54) is 6.08 Å². The molecule has 1 aliphatic heterocycles. The lowest BCUT2D eigenvalue weighted by molar-refractivity contribution is -0.122. The second-order valence-electron chi connectivity index (χ2n) is 7.90. The van der Waals surface area contributed by atoms with Crippen LogP contribution in [0.15, 0.2) is 60.3 Å². The Kier molecular flexibility index (Phi) is 8.77. The van der Waals surface area contributed by atoms with Gasteiger partial charge in [-0.2, -0.15) is 0 Å². The molecule has 2 aliphatic rings. The van der Waals surface area contributed by atoms with Crippen LogP contribution in [0.4, 0.5) is 0 Å². The Hall–Kier alpha value is -2.48. The molecular formula is C23H33N3O4. The van der Waals surface area contributed by atoms with Crippen molar-refractivity contribution in [1.29, 1.82) is 0 Å². The van der Waals surface area contributed by atoms with Crippen LogP contribution in [0.2, 0.25) is 0 Å². The summed E-state index contributed by atoms with van der Waals surface area (Å²) in [5.41, 5.74) is 6.41. The molecule has 1 unspecified atom stereocenters. The van der Waals surface area contributed by atoms with Crippen molar-refractivity contribution in [3.05, 3.63) is 60.3 Å². The Morgan fingerprint density at radius 1 is 1.53 bits per heavy atom. The van der Waals surface area contributed by atoms with Gasteiger partial charge in [-0.1, -0.05) is 30.9 Å². The molecular weight excluding hydrogens is 382 g/mol. The summed E-state index contributed by atoms with van der Waals surface area (Å²) in [5, 5.41) is 12.1. The third kappa shape index (κ3) is 7.09. The van der Waals surface area contributed by atoms with Gasteiger partial charge in [-0.3, -0.25) is 14.5 Å². The topological polar surface area (TPSA) is 105 Å². The highest BCUT2D eigenvalue weighted by Gasteiger charge is 2.29. The van der Waals surface area contributed by atoms with E-state index in [4.69, 9.17) is 15.6 Å². The molecule has 0 aromatic heterocycles. The van der Waals surface area contributed by atoms with E-state index in [9.17, 15) is 9.59 Å². The van der Waals surface area contributed by atoms with Crippen molar-refractivity contribution in [3.8, 4) is 0 Å². The molecule has 1 heterocycles. The van der Waals surface area contributed by atoms with Crippen molar-refractivity contribution in [2.75, 3.05) is 19.9 Å². The van der Waals surface area contributed by atoms with Crippen LogP contribution < -0.4 is 11.1 Å². The Morgan fingerprint density at radius 3 is 2.97 bits per heavy atom. The number of carbonyl (C=O) groups is 2. The molecule has 3 atom stereocenters. The van der Waals surface area contributed by atoms with E-state index in [1.54, 1.807) is 12.2 Å². The number of allylic oxidation sites excluding steroid dienone is 2. The van der Waals surface area contributed by atoms with E-state index in [-0.39, 0.29) is 24.8 Å². The fourth-order valence-electron chi connectivity index (χ4n) is 3.81. The average Bonchev–Trinajstić information content (AvgIpc) is 3.27. The predicted octanol–water partition coefficient (Wildman–Crippen LogP) is 1.72. The Bertz CT molecular complexity index is 768. The van der Waals surface area contributed by atoms with Crippen LogP contribution in [-0.4, -0.2) is 59.4 Å². The van der Waals surface area contributed by atoms with Crippen LogP contribution in [0.3, 0.4) is 0 Å². The minimum absolute atomic E-state index is 0.00290. The van der Waals surface area contributed by atoms with Crippen molar-refractivity contribution in [1.82, 2.24) is 10.2 Å². The number of nitrogens with one attached hydrogen (secondary N) is 1. The summed E-state index contributed by atoms with van der Waals surface area (Å²) in [6.45, 7) is 8.87.